The van der Waals surface area contributed by atoms with Crippen LogP contribution >= 0.6 is 0 Å². The average molecular weight is 266 g/mol. The van der Waals surface area contributed by atoms with Crippen LogP contribution in [0.2, 0.25) is 0 Å². The molecule has 3 nitrogen and oxygen atoms in total. The van der Waals surface area contributed by atoms with Gasteiger partial charge in [-0.3, -0.25) is 0 Å². The van der Waals surface area contributed by atoms with Crippen LogP contribution in [0.25, 0.3) is 11.0 Å². The fourth-order valence-electron chi connectivity index (χ4n) is 2.47. The third-order valence-corrected chi connectivity index (χ3v) is 3.46. The van der Waals surface area contributed by atoms with Gasteiger partial charge in [0.25, 0.3) is 0 Å². The van der Waals surface area contributed by atoms with Gasteiger partial charge in [0.1, 0.15) is 5.82 Å². The first kappa shape index (κ1) is 12.9. The minimum atomic E-state index is 0.697. The van der Waals surface area contributed by atoms with Crippen LogP contribution in [-0.2, 0) is 17.7 Å². The molecule has 0 atom stereocenters. The summed E-state index contributed by atoms with van der Waals surface area (Å²) in [6.07, 6.45) is 0.846. The molecule has 0 bridgehead atoms. The van der Waals surface area contributed by atoms with E-state index in [-0.39, 0.29) is 0 Å². The Hall–Kier alpha value is -2.13. The van der Waals surface area contributed by atoms with Gasteiger partial charge in [0.05, 0.1) is 17.6 Å². The molecule has 3 aromatic rings. The molecular formula is C17H18N2O. The molecule has 0 aliphatic heterocycles. The monoisotopic (exact) mass is 266 g/mol. The lowest BCUT2D eigenvalue weighted by Gasteiger charge is -2.08. The topological polar surface area (TPSA) is 27.1 Å². The zero-order valence-corrected chi connectivity index (χ0v) is 11.6. The van der Waals surface area contributed by atoms with Gasteiger partial charge in [0.15, 0.2) is 0 Å². The molecule has 102 valence electrons. The van der Waals surface area contributed by atoms with Crippen molar-refractivity contribution in [3.63, 3.8) is 0 Å². The summed E-state index contributed by atoms with van der Waals surface area (Å²) in [5, 5.41) is 0. The second kappa shape index (κ2) is 5.88. The van der Waals surface area contributed by atoms with Crippen LogP contribution in [0.1, 0.15) is 11.4 Å². The molecule has 3 rings (SSSR count). The quantitative estimate of drug-likeness (QED) is 0.708. The molecule has 20 heavy (non-hydrogen) atoms. The summed E-state index contributed by atoms with van der Waals surface area (Å²) >= 11 is 0. The molecule has 0 amide bonds. The summed E-state index contributed by atoms with van der Waals surface area (Å²) in [7, 11) is 1.73. The Labute approximate surface area is 118 Å². The number of para-hydroxylation sites is 2. The fraction of sp³-hybridized carbons (Fsp3) is 0.235. The van der Waals surface area contributed by atoms with Crippen molar-refractivity contribution in [1.82, 2.24) is 9.55 Å². The van der Waals surface area contributed by atoms with E-state index in [1.165, 1.54) is 11.1 Å². The SMILES string of the molecule is COCCn1c(Cc2ccccc2)nc2ccccc21. The van der Waals surface area contributed by atoms with E-state index in [0.29, 0.717) is 6.61 Å². The molecule has 1 aromatic heterocycles. The van der Waals surface area contributed by atoms with Gasteiger partial charge < -0.3 is 9.30 Å². The molecule has 0 fully saturated rings. The van der Waals surface area contributed by atoms with Crippen LogP contribution in [0.5, 0.6) is 0 Å². The number of imidazole rings is 1. The summed E-state index contributed by atoms with van der Waals surface area (Å²) in [5.74, 6) is 1.09. The number of aromatic nitrogens is 2. The molecule has 1 heterocycles. The van der Waals surface area contributed by atoms with E-state index in [0.717, 1.165) is 24.3 Å². The van der Waals surface area contributed by atoms with Gasteiger partial charge in [-0.2, -0.15) is 0 Å². The van der Waals surface area contributed by atoms with E-state index in [2.05, 4.69) is 47.0 Å². The molecule has 0 unspecified atom stereocenters. The number of rotatable bonds is 5. The van der Waals surface area contributed by atoms with Crippen molar-refractivity contribution in [1.29, 1.82) is 0 Å². The summed E-state index contributed by atoms with van der Waals surface area (Å²) in [6, 6.07) is 18.7. The number of hydrogen-bond acceptors (Lipinski definition) is 2. The zero-order chi connectivity index (χ0) is 13.8. The van der Waals surface area contributed by atoms with Gasteiger partial charge >= 0.3 is 0 Å². The first-order valence-corrected chi connectivity index (χ1v) is 6.85. The summed E-state index contributed by atoms with van der Waals surface area (Å²) in [4.78, 5) is 4.77. The molecule has 0 spiro atoms. The van der Waals surface area contributed by atoms with E-state index >= 15 is 0 Å². The molecule has 0 saturated carbocycles. The smallest absolute Gasteiger partial charge is 0.114 e. The lowest BCUT2D eigenvalue weighted by Crippen LogP contribution is -2.08. The van der Waals surface area contributed by atoms with Gasteiger partial charge in [0.2, 0.25) is 0 Å². The molecule has 2 aromatic carbocycles. The van der Waals surface area contributed by atoms with E-state index < -0.39 is 0 Å². The van der Waals surface area contributed by atoms with Crippen LogP contribution in [0, 0.1) is 0 Å². The highest BCUT2D eigenvalue weighted by Gasteiger charge is 2.10. The van der Waals surface area contributed by atoms with Crippen molar-refractivity contribution in [3.05, 3.63) is 66.0 Å². The van der Waals surface area contributed by atoms with Crippen LogP contribution in [0.3, 0.4) is 0 Å². The average Bonchev–Trinajstić information content (AvgIpc) is 2.83. The number of benzene rings is 2. The van der Waals surface area contributed by atoms with Crippen LogP contribution in [0.15, 0.2) is 54.6 Å². The summed E-state index contributed by atoms with van der Waals surface area (Å²) < 4.78 is 7.48. The molecule has 0 aliphatic rings. The van der Waals surface area contributed by atoms with Crippen LogP contribution < -0.4 is 0 Å². The number of methoxy groups -OCH3 is 1. The molecule has 0 N–H and O–H groups in total. The summed E-state index contributed by atoms with van der Waals surface area (Å²) in [6.45, 7) is 1.53. The third kappa shape index (κ3) is 2.58. The number of fused-ring (bicyclic) bond motifs is 1. The van der Waals surface area contributed by atoms with Crippen molar-refractivity contribution in [2.24, 2.45) is 0 Å². The van der Waals surface area contributed by atoms with Gasteiger partial charge in [-0.25, -0.2) is 4.98 Å². The molecule has 0 saturated heterocycles. The predicted molar refractivity (Wildman–Crippen MR) is 80.9 cm³/mol. The Bertz CT molecular complexity index is 689. The standard InChI is InChI=1S/C17H18N2O/c1-20-12-11-19-16-10-6-5-9-15(16)18-17(19)13-14-7-3-2-4-8-14/h2-10H,11-13H2,1H3. The Kier molecular flexibility index (Phi) is 3.79. The molecule has 3 heteroatoms. The van der Waals surface area contributed by atoms with E-state index in [4.69, 9.17) is 9.72 Å². The van der Waals surface area contributed by atoms with Crippen molar-refractivity contribution in [2.45, 2.75) is 13.0 Å². The number of ether oxygens (including phenoxy) is 1. The Morgan fingerprint density at radius 2 is 1.75 bits per heavy atom. The Morgan fingerprint density at radius 3 is 2.55 bits per heavy atom. The highest BCUT2D eigenvalue weighted by Crippen LogP contribution is 2.18. The minimum Gasteiger partial charge on any atom is -0.383 e. The van der Waals surface area contributed by atoms with Crippen molar-refractivity contribution in [3.8, 4) is 0 Å². The summed E-state index contributed by atoms with van der Waals surface area (Å²) in [5.41, 5.74) is 3.51. The highest BCUT2D eigenvalue weighted by atomic mass is 16.5. The predicted octanol–water partition coefficient (Wildman–Crippen LogP) is 3.27. The molecule has 0 aliphatic carbocycles. The fourth-order valence-corrected chi connectivity index (χ4v) is 2.47. The van der Waals surface area contributed by atoms with E-state index in [1.54, 1.807) is 7.11 Å². The van der Waals surface area contributed by atoms with Gasteiger partial charge in [-0.15, -0.1) is 0 Å². The second-order valence-corrected chi connectivity index (χ2v) is 4.82. The lowest BCUT2D eigenvalue weighted by molar-refractivity contribution is 0.187. The Balaban J connectivity index is 2.00. The highest BCUT2D eigenvalue weighted by molar-refractivity contribution is 5.76. The lowest BCUT2D eigenvalue weighted by atomic mass is 10.1. The minimum absolute atomic E-state index is 0.697. The van der Waals surface area contributed by atoms with Gasteiger partial charge in [0, 0.05) is 20.1 Å². The van der Waals surface area contributed by atoms with Crippen molar-refractivity contribution in [2.75, 3.05) is 13.7 Å². The molecule has 0 radical (unpaired) electrons. The maximum atomic E-state index is 5.22. The van der Waals surface area contributed by atoms with Gasteiger partial charge in [-0.1, -0.05) is 42.5 Å². The second-order valence-electron chi connectivity index (χ2n) is 4.82. The van der Waals surface area contributed by atoms with Crippen molar-refractivity contribution >= 4 is 11.0 Å². The third-order valence-electron chi connectivity index (χ3n) is 3.46. The first-order chi connectivity index (χ1) is 9.88. The van der Waals surface area contributed by atoms with E-state index in [9.17, 15) is 0 Å². The van der Waals surface area contributed by atoms with Crippen LogP contribution in [-0.4, -0.2) is 23.3 Å². The van der Waals surface area contributed by atoms with Gasteiger partial charge in [-0.05, 0) is 17.7 Å². The first-order valence-electron chi connectivity index (χ1n) is 6.85. The largest absolute Gasteiger partial charge is 0.383 e. The number of nitrogens with zero attached hydrogens (tertiary/aromatic N) is 2. The van der Waals surface area contributed by atoms with Crippen molar-refractivity contribution < 1.29 is 4.74 Å². The maximum Gasteiger partial charge on any atom is 0.114 e. The Morgan fingerprint density at radius 1 is 1.00 bits per heavy atom. The van der Waals surface area contributed by atoms with E-state index in [1.807, 2.05) is 12.1 Å². The zero-order valence-electron chi connectivity index (χ0n) is 11.6. The van der Waals surface area contributed by atoms with Crippen LogP contribution in [0.4, 0.5) is 0 Å². The normalized spacial score (nSPS) is 11.1. The molecular weight excluding hydrogens is 248 g/mol. The maximum absolute atomic E-state index is 5.22. The number of hydrogen-bond donors (Lipinski definition) is 0.